The Bertz CT molecular complexity index is 1360. The average molecular weight is 576 g/mol. The maximum absolute atomic E-state index is 12.6. The third-order valence-corrected chi connectivity index (χ3v) is 7.82. The molecular weight excluding hydrogens is 542 g/mol. The van der Waals surface area contributed by atoms with Crippen LogP contribution in [0.15, 0.2) is 76.4 Å². The van der Waals surface area contributed by atoms with Crippen LogP contribution in [0.2, 0.25) is 0 Å². The maximum atomic E-state index is 12.6. The van der Waals surface area contributed by atoms with Gasteiger partial charge in [0.1, 0.15) is 18.5 Å². The first-order valence-electron chi connectivity index (χ1n) is 13.6. The van der Waals surface area contributed by atoms with E-state index in [2.05, 4.69) is 14.8 Å². The molecule has 2 N–H and O–H groups in total. The molecule has 2 amide bonds. The van der Waals surface area contributed by atoms with Crippen LogP contribution in [-0.2, 0) is 20.9 Å². The molecule has 2 fully saturated rings. The summed E-state index contributed by atoms with van der Waals surface area (Å²) >= 11 is 1.42. The molecule has 0 radical (unpaired) electrons. The van der Waals surface area contributed by atoms with Crippen LogP contribution in [0.4, 0.5) is 10.5 Å². The van der Waals surface area contributed by atoms with E-state index in [-0.39, 0.29) is 29.9 Å². The summed E-state index contributed by atoms with van der Waals surface area (Å²) in [5.41, 5.74) is 8.81. The summed E-state index contributed by atoms with van der Waals surface area (Å²) in [7, 11) is 0. The van der Waals surface area contributed by atoms with Crippen molar-refractivity contribution in [1.29, 1.82) is 0 Å². The summed E-state index contributed by atoms with van der Waals surface area (Å²) in [6.45, 7) is 5.43. The molecule has 41 heavy (non-hydrogen) atoms. The Kier molecular flexibility index (Phi) is 9.40. The molecular formula is C30H33N5O5S. The molecule has 0 saturated carbocycles. The fourth-order valence-corrected chi connectivity index (χ4v) is 5.44. The van der Waals surface area contributed by atoms with E-state index < -0.39 is 0 Å². The monoisotopic (exact) mass is 575 g/mol. The van der Waals surface area contributed by atoms with Gasteiger partial charge in [0.25, 0.3) is 5.91 Å². The highest BCUT2D eigenvalue weighted by atomic mass is 32.1. The highest BCUT2D eigenvalue weighted by Crippen LogP contribution is 2.23. The molecule has 1 unspecified atom stereocenters. The number of nitrogens with zero attached hydrogens (tertiary/aromatic N) is 4. The van der Waals surface area contributed by atoms with Crippen LogP contribution >= 0.6 is 11.3 Å². The lowest BCUT2D eigenvalue weighted by Crippen LogP contribution is -2.49. The number of carbonyl (C=O) groups is 3. The van der Waals surface area contributed by atoms with Gasteiger partial charge in [0.05, 0.1) is 18.5 Å². The zero-order valence-electron chi connectivity index (χ0n) is 22.7. The van der Waals surface area contributed by atoms with Crippen molar-refractivity contribution in [1.82, 2.24) is 9.80 Å². The third kappa shape index (κ3) is 7.78. The van der Waals surface area contributed by atoms with Crippen molar-refractivity contribution in [2.24, 2.45) is 10.7 Å². The quantitative estimate of drug-likeness (QED) is 0.222. The number of rotatable bonds is 10. The van der Waals surface area contributed by atoms with E-state index in [9.17, 15) is 14.4 Å². The number of hydrogen-bond donors (Lipinski definition) is 1. The minimum absolute atomic E-state index is 0.123. The number of carbonyl (C=O) groups excluding carboxylic acids is 3. The number of piperazine rings is 1. The molecule has 214 valence electrons. The van der Waals surface area contributed by atoms with Crippen LogP contribution in [-0.4, -0.2) is 85.5 Å². The van der Waals surface area contributed by atoms with Gasteiger partial charge in [-0.25, -0.2) is 4.79 Å². The summed E-state index contributed by atoms with van der Waals surface area (Å²) in [6, 6.07) is 18.4. The predicted octanol–water partition coefficient (Wildman–Crippen LogP) is 3.37. The van der Waals surface area contributed by atoms with Gasteiger partial charge in [-0.15, -0.1) is 0 Å². The second-order valence-electron chi connectivity index (χ2n) is 10.0. The van der Waals surface area contributed by atoms with E-state index in [1.165, 1.54) is 11.3 Å². The lowest BCUT2D eigenvalue weighted by Gasteiger charge is -2.35. The number of amidine groups is 1. The van der Waals surface area contributed by atoms with E-state index >= 15 is 0 Å². The number of amides is 2. The summed E-state index contributed by atoms with van der Waals surface area (Å²) in [6.07, 6.45) is -0.260. The second kappa shape index (κ2) is 13.5. The Hall–Kier alpha value is -4.06. The molecule has 0 bridgehead atoms. The third-order valence-electron chi connectivity index (χ3n) is 7.14. The smallest absolute Gasteiger partial charge is 0.414 e. The van der Waals surface area contributed by atoms with Gasteiger partial charge in [0.15, 0.2) is 0 Å². The van der Waals surface area contributed by atoms with E-state index in [0.717, 1.165) is 31.7 Å². The van der Waals surface area contributed by atoms with Gasteiger partial charge in [0.2, 0.25) is 0 Å². The van der Waals surface area contributed by atoms with Crippen LogP contribution in [0.5, 0.6) is 0 Å². The lowest BCUT2D eigenvalue weighted by atomic mass is 10.1. The second-order valence-corrected chi connectivity index (χ2v) is 10.8. The standard InChI is InChI=1S/C30H33N5O5S/c31-28(32-29(37)24-11-17-41-21-24)23-6-8-25(9-7-23)35-19-26(40-30(35)38)18-34-15-13-33(14-16-34)12-10-27(36)39-20-22-4-2-1-3-5-22/h1-9,11,17,21,26H,10,12-16,18-20H2,(H2,31,32,37). The minimum Gasteiger partial charge on any atom is -0.461 e. The molecule has 3 heterocycles. The van der Waals surface area contributed by atoms with Gasteiger partial charge in [-0.2, -0.15) is 16.3 Å². The van der Waals surface area contributed by atoms with Gasteiger partial charge >= 0.3 is 12.1 Å². The highest BCUT2D eigenvalue weighted by Gasteiger charge is 2.34. The van der Waals surface area contributed by atoms with E-state index in [0.29, 0.717) is 49.5 Å². The van der Waals surface area contributed by atoms with E-state index in [1.54, 1.807) is 40.6 Å². The molecule has 5 rings (SSSR count). The van der Waals surface area contributed by atoms with Gasteiger partial charge in [0, 0.05) is 55.9 Å². The summed E-state index contributed by atoms with van der Waals surface area (Å²) < 4.78 is 11.0. The number of cyclic esters (lactones) is 1. The van der Waals surface area contributed by atoms with Crippen molar-refractivity contribution in [2.45, 2.75) is 19.1 Å². The molecule has 0 spiro atoms. The molecule has 2 saturated heterocycles. The van der Waals surface area contributed by atoms with Crippen molar-refractivity contribution in [3.63, 3.8) is 0 Å². The maximum Gasteiger partial charge on any atom is 0.414 e. The predicted molar refractivity (Wildman–Crippen MR) is 157 cm³/mol. The minimum atomic E-state index is -0.388. The SMILES string of the molecule is NC(=NC(=O)c1ccsc1)c1ccc(N2CC(CN3CCN(CCC(=O)OCc4ccccc4)CC3)OC2=O)cc1. The van der Waals surface area contributed by atoms with Crippen LogP contribution in [0.3, 0.4) is 0 Å². The van der Waals surface area contributed by atoms with Crippen LogP contribution < -0.4 is 10.6 Å². The summed E-state index contributed by atoms with van der Waals surface area (Å²) in [4.78, 5) is 47.1. The first-order valence-corrected chi connectivity index (χ1v) is 14.5. The number of anilines is 1. The van der Waals surface area contributed by atoms with Gasteiger partial charge in [-0.3, -0.25) is 19.4 Å². The fourth-order valence-electron chi connectivity index (χ4n) is 4.81. The van der Waals surface area contributed by atoms with Crippen molar-refractivity contribution in [2.75, 3.05) is 50.7 Å². The van der Waals surface area contributed by atoms with Gasteiger partial charge < -0.3 is 20.1 Å². The summed E-state index contributed by atoms with van der Waals surface area (Å²) in [5, 5.41) is 3.54. The zero-order valence-corrected chi connectivity index (χ0v) is 23.5. The van der Waals surface area contributed by atoms with E-state index in [1.807, 2.05) is 35.7 Å². The number of thiophene rings is 1. The Morgan fingerprint density at radius 2 is 1.71 bits per heavy atom. The molecule has 2 aliphatic heterocycles. The Labute approximate surface area is 243 Å². The van der Waals surface area contributed by atoms with Crippen molar-refractivity contribution in [3.05, 3.63) is 88.1 Å². The Balaban J connectivity index is 1.03. The Morgan fingerprint density at radius 3 is 2.41 bits per heavy atom. The van der Waals surface area contributed by atoms with Crippen molar-refractivity contribution >= 4 is 40.8 Å². The number of nitrogens with two attached hydrogens (primary N) is 1. The first-order chi connectivity index (χ1) is 19.9. The molecule has 11 heteroatoms. The van der Waals surface area contributed by atoms with Crippen molar-refractivity contribution in [3.8, 4) is 0 Å². The number of hydrogen-bond acceptors (Lipinski definition) is 8. The Morgan fingerprint density at radius 1 is 0.976 bits per heavy atom. The number of aliphatic imine (C=N–C) groups is 1. The molecule has 2 aromatic carbocycles. The topological polar surface area (TPSA) is 118 Å². The highest BCUT2D eigenvalue weighted by molar-refractivity contribution is 7.08. The van der Waals surface area contributed by atoms with Gasteiger partial charge in [-0.1, -0.05) is 30.3 Å². The van der Waals surface area contributed by atoms with Crippen LogP contribution in [0, 0.1) is 0 Å². The fraction of sp³-hybridized carbons (Fsp3) is 0.333. The number of benzene rings is 2. The number of esters is 1. The summed E-state index contributed by atoms with van der Waals surface area (Å²) in [5.74, 6) is -0.456. The normalized spacial score (nSPS) is 18.3. The van der Waals surface area contributed by atoms with Crippen LogP contribution in [0.1, 0.15) is 27.9 Å². The van der Waals surface area contributed by atoms with Crippen LogP contribution in [0.25, 0.3) is 0 Å². The molecule has 3 aromatic rings. The van der Waals surface area contributed by atoms with E-state index in [4.69, 9.17) is 15.2 Å². The largest absolute Gasteiger partial charge is 0.461 e. The zero-order chi connectivity index (χ0) is 28.6. The first kappa shape index (κ1) is 28.5. The number of ether oxygens (including phenoxy) is 2. The molecule has 1 atom stereocenters. The van der Waals surface area contributed by atoms with Crippen molar-refractivity contribution < 1.29 is 23.9 Å². The van der Waals surface area contributed by atoms with Gasteiger partial charge in [-0.05, 0) is 41.3 Å². The average Bonchev–Trinajstić information content (AvgIpc) is 3.66. The molecule has 10 nitrogen and oxygen atoms in total. The lowest BCUT2D eigenvalue weighted by molar-refractivity contribution is -0.145. The molecule has 2 aliphatic rings. The molecule has 0 aliphatic carbocycles. The molecule has 1 aromatic heterocycles.